The smallest absolute Gasteiger partial charge is 0.224 e. The van der Waals surface area contributed by atoms with Gasteiger partial charge >= 0.3 is 0 Å². The average Bonchev–Trinajstić information content (AvgIpc) is 2.43. The molecular weight excluding hydrogens is 347 g/mol. The summed E-state index contributed by atoms with van der Waals surface area (Å²) in [7, 11) is 0. The Bertz CT molecular complexity index is 287. The molecule has 136 valence electrons. The molecule has 3 atom stereocenters. The summed E-state index contributed by atoms with van der Waals surface area (Å²) in [4.78, 5) is 16.8. The molecule has 1 fully saturated rings. The number of hydrogen-bond donors (Lipinski definition) is 2. The number of likely N-dealkylation sites (N-methyl/N-ethyl adjacent to an activating group) is 1. The largest absolute Gasteiger partial charge is 0.354 e. The lowest BCUT2D eigenvalue weighted by Gasteiger charge is -2.37. The van der Waals surface area contributed by atoms with Gasteiger partial charge in [-0.2, -0.15) is 0 Å². The minimum atomic E-state index is -0.121. The molecule has 1 saturated heterocycles. The second-order valence-corrected chi connectivity index (χ2v) is 5.71. The molecule has 5 nitrogen and oxygen atoms in total. The second kappa shape index (κ2) is 13.6. The van der Waals surface area contributed by atoms with Crippen LogP contribution < -0.4 is 11.1 Å². The predicted octanol–water partition coefficient (Wildman–Crippen LogP) is 1.38. The van der Waals surface area contributed by atoms with Crippen LogP contribution >= 0.6 is 37.2 Å². The van der Waals surface area contributed by atoms with Gasteiger partial charge in [0.05, 0.1) is 0 Å². The molecule has 22 heavy (non-hydrogen) atoms. The van der Waals surface area contributed by atoms with E-state index in [0.717, 1.165) is 32.7 Å². The SMILES string of the molecule is CCN1CCN(C(C)CNC(=O)C(C)C(C)N)CC1.Cl.Cl.Cl. The van der Waals surface area contributed by atoms with Crippen molar-refractivity contribution < 1.29 is 4.79 Å². The third-order valence-electron chi connectivity index (χ3n) is 4.25. The molecule has 1 heterocycles. The highest BCUT2D eigenvalue weighted by Crippen LogP contribution is 2.06. The predicted molar refractivity (Wildman–Crippen MR) is 101 cm³/mol. The van der Waals surface area contributed by atoms with Gasteiger partial charge in [0.25, 0.3) is 0 Å². The minimum Gasteiger partial charge on any atom is -0.354 e. The molecule has 1 aliphatic rings. The molecule has 8 heteroatoms. The Morgan fingerprint density at radius 2 is 1.59 bits per heavy atom. The van der Waals surface area contributed by atoms with Crippen LogP contribution in [0.3, 0.4) is 0 Å². The van der Waals surface area contributed by atoms with Gasteiger partial charge < -0.3 is 16.0 Å². The van der Waals surface area contributed by atoms with Crippen molar-refractivity contribution in [3.05, 3.63) is 0 Å². The van der Waals surface area contributed by atoms with E-state index in [4.69, 9.17) is 5.73 Å². The molecule has 3 N–H and O–H groups in total. The number of piperazine rings is 1. The van der Waals surface area contributed by atoms with Crippen LogP contribution in [0.25, 0.3) is 0 Å². The monoisotopic (exact) mass is 378 g/mol. The summed E-state index contributed by atoms with van der Waals surface area (Å²) < 4.78 is 0. The van der Waals surface area contributed by atoms with Crippen molar-refractivity contribution in [2.45, 2.75) is 39.8 Å². The van der Waals surface area contributed by atoms with Gasteiger partial charge in [-0.3, -0.25) is 9.69 Å². The van der Waals surface area contributed by atoms with Crippen molar-refractivity contribution in [3.63, 3.8) is 0 Å². The molecule has 1 aliphatic heterocycles. The van der Waals surface area contributed by atoms with Crippen LogP contribution in [0.5, 0.6) is 0 Å². The molecule has 0 aromatic carbocycles. The van der Waals surface area contributed by atoms with E-state index in [9.17, 15) is 4.79 Å². The van der Waals surface area contributed by atoms with Crippen LogP contribution in [0.1, 0.15) is 27.7 Å². The van der Waals surface area contributed by atoms with Gasteiger partial charge in [-0.05, 0) is 20.4 Å². The summed E-state index contributed by atoms with van der Waals surface area (Å²) >= 11 is 0. The van der Waals surface area contributed by atoms with E-state index in [-0.39, 0.29) is 55.1 Å². The summed E-state index contributed by atoms with van der Waals surface area (Å²) in [5.41, 5.74) is 5.74. The number of halogens is 3. The number of carbonyl (C=O) groups excluding carboxylic acids is 1. The zero-order valence-electron chi connectivity index (χ0n) is 14.1. The van der Waals surface area contributed by atoms with Gasteiger partial charge in [0.2, 0.25) is 5.91 Å². The average molecular weight is 380 g/mol. The Hall–Kier alpha value is 0.220. The van der Waals surface area contributed by atoms with Crippen molar-refractivity contribution >= 4 is 43.1 Å². The molecule has 0 aliphatic carbocycles. The van der Waals surface area contributed by atoms with Crippen LogP contribution in [0, 0.1) is 5.92 Å². The molecule has 0 spiro atoms. The highest BCUT2D eigenvalue weighted by Gasteiger charge is 2.22. The van der Waals surface area contributed by atoms with Crippen LogP contribution in [-0.2, 0) is 4.79 Å². The molecular formula is C14H33Cl3N4O. The molecule has 0 aromatic rings. The number of nitrogens with one attached hydrogen (secondary N) is 1. The minimum absolute atomic E-state index is 0. The maximum absolute atomic E-state index is 11.9. The molecule has 1 rings (SSSR count). The normalized spacial score (nSPS) is 19.7. The zero-order chi connectivity index (χ0) is 14.4. The topological polar surface area (TPSA) is 61.6 Å². The summed E-state index contributed by atoms with van der Waals surface area (Å²) in [5, 5.41) is 3.01. The van der Waals surface area contributed by atoms with E-state index in [1.54, 1.807) is 0 Å². The number of rotatable bonds is 6. The molecule has 1 amide bonds. The summed E-state index contributed by atoms with van der Waals surface area (Å²) in [6.45, 7) is 14.4. The van der Waals surface area contributed by atoms with E-state index >= 15 is 0 Å². The Kier molecular flexibility index (Phi) is 16.8. The number of carbonyl (C=O) groups is 1. The van der Waals surface area contributed by atoms with Gasteiger partial charge in [0.15, 0.2) is 0 Å². The van der Waals surface area contributed by atoms with Gasteiger partial charge in [0.1, 0.15) is 0 Å². The van der Waals surface area contributed by atoms with Crippen LogP contribution in [0.4, 0.5) is 0 Å². The number of nitrogens with zero attached hydrogens (tertiary/aromatic N) is 2. The molecule has 0 saturated carbocycles. The van der Waals surface area contributed by atoms with E-state index in [1.807, 2.05) is 13.8 Å². The Labute approximate surface area is 154 Å². The van der Waals surface area contributed by atoms with Gasteiger partial charge in [-0.25, -0.2) is 0 Å². The van der Waals surface area contributed by atoms with Crippen LogP contribution in [0.15, 0.2) is 0 Å². The molecule has 0 bridgehead atoms. The fourth-order valence-electron chi connectivity index (χ4n) is 2.30. The van der Waals surface area contributed by atoms with E-state index in [0.29, 0.717) is 12.6 Å². The first-order valence-corrected chi connectivity index (χ1v) is 7.45. The lowest BCUT2D eigenvalue weighted by atomic mass is 10.0. The Morgan fingerprint density at radius 1 is 1.09 bits per heavy atom. The number of nitrogens with two attached hydrogens (primary N) is 1. The first-order chi connectivity index (χ1) is 8.95. The first kappa shape index (κ1) is 27.1. The van der Waals surface area contributed by atoms with Gasteiger partial charge in [0, 0.05) is 50.7 Å². The maximum atomic E-state index is 11.9. The molecule has 0 radical (unpaired) electrons. The van der Waals surface area contributed by atoms with Crippen molar-refractivity contribution in [1.82, 2.24) is 15.1 Å². The first-order valence-electron chi connectivity index (χ1n) is 7.45. The molecule has 3 unspecified atom stereocenters. The lowest BCUT2D eigenvalue weighted by Crippen LogP contribution is -2.52. The van der Waals surface area contributed by atoms with Crippen molar-refractivity contribution in [2.24, 2.45) is 11.7 Å². The van der Waals surface area contributed by atoms with Crippen molar-refractivity contribution in [3.8, 4) is 0 Å². The summed E-state index contributed by atoms with van der Waals surface area (Å²) in [5.74, 6) is -0.0572. The highest BCUT2D eigenvalue weighted by atomic mass is 35.5. The Balaban J connectivity index is -0.00000120. The Morgan fingerprint density at radius 3 is 2.00 bits per heavy atom. The number of amides is 1. The standard InChI is InChI=1S/C14H30N4O.3ClH/c1-5-17-6-8-18(9-7-17)11(2)10-16-14(19)12(3)13(4)15;;;/h11-13H,5-10,15H2,1-4H3,(H,16,19);3*1H. The zero-order valence-corrected chi connectivity index (χ0v) is 16.5. The third-order valence-corrected chi connectivity index (χ3v) is 4.25. The van der Waals surface area contributed by atoms with Gasteiger partial charge in [-0.15, -0.1) is 37.2 Å². The highest BCUT2D eigenvalue weighted by molar-refractivity contribution is 5.86. The van der Waals surface area contributed by atoms with Crippen LogP contribution in [0.2, 0.25) is 0 Å². The quantitative estimate of drug-likeness (QED) is 0.732. The summed E-state index contributed by atoms with van der Waals surface area (Å²) in [6.07, 6.45) is 0. The van der Waals surface area contributed by atoms with Gasteiger partial charge in [-0.1, -0.05) is 13.8 Å². The fourth-order valence-corrected chi connectivity index (χ4v) is 2.30. The maximum Gasteiger partial charge on any atom is 0.224 e. The van der Waals surface area contributed by atoms with E-state index in [2.05, 4.69) is 29.0 Å². The van der Waals surface area contributed by atoms with Crippen molar-refractivity contribution in [2.75, 3.05) is 39.3 Å². The third kappa shape index (κ3) is 8.75. The molecule has 0 aromatic heterocycles. The van der Waals surface area contributed by atoms with Crippen molar-refractivity contribution in [1.29, 1.82) is 0 Å². The van der Waals surface area contributed by atoms with E-state index in [1.165, 1.54) is 0 Å². The number of hydrogen-bond acceptors (Lipinski definition) is 4. The van der Waals surface area contributed by atoms with E-state index < -0.39 is 0 Å². The second-order valence-electron chi connectivity index (χ2n) is 5.71. The lowest BCUT2D eigenvalue weighted by molar-refractivity contribution is -0.125. The fraction of sp³-hybridized carbons (Fsp3) is 0.929. The summed E-state index contributed by atoms with van der Waals surface area (Å²) in [6, 6.07) is 0.298. The van der Waals surface area contributed by atoms with Crippen LogP contribution in [-0.4, -0.2) is 67.1 Å².